The standard InChI is InChI=1S/C17H17N5O2/c1-12-4-6-14(7-5-12)19-17(24)13(2)22-16(23)9-8-15(20-22)21-11-3-10-18-21/h3-11,13H,1-2H3,(H,19,24). The predicted octanol–water partition coefficient (Wildman–Crippen LogP) is 1.94. The molecule has 3 rings (SSSR count). The molecule has 7 nitrogen and oxygen atoms in total. The average molecular weight is 323 g/mol. The third kappa shape index (κ3) is 3.24. The fourth-order valence-electron chi connectivity index (χ4n) is 2.21. The van der Waals surface area contributed by atoms with E-state index in [1.807, 2.05) is 31.2 Å². The van der Waals surface area contributed by atoms with Gasteiger partial charge in [-0.05, 0) is 38.1 Å². The molecule has 3 aromatic rings. The lowest BCUT2D eigenvalue weighted by atomic mass is 10.2. The monoisotopic (exact) mass is 323 g/mol. The Hall–Kier alpha value is -3.22. The van der Waals surface area contributed by atoms with E-state index in [0.29, 0.717) is 11.5 Å². The molecule has 1 amide bonds. The molecule has 0 saturated heterocycles. The van der Waals surface area contributed by atoms with Crippen molar-refractivity contribution in [3.05, 3.63) is 70.8 Å². The van der Waals surface area contributed by atoms with Gasteiger partial charge in [0.25, 0.3) is 5.56 Å². The molecule has 0 aliphatic heterocycles. The summed E-state index contributed by atoms with van der Waals surface area (Å²) in [6.45, 7) is 3.60. The number of aromatic nitrogens is 4. The van der Waals surface area contributed by atoms with Crippen LogP contribution in [0.1, 0.15) is 18.5 Å². The number of carbonyl (C=O) groups excluding carboxylic acids is 1. The van der Waals surface area contributed by atoms with Gasteiger partial charge in [-0.2, -0.15) is 5.10 Å². The maximum atomic E-state index is 12.4. The Morgan fingerprint density at radius 3 is 2.58 bits per heavy atom. The van der Waals surface area contributed by atoms with Crippen LogP contribution in [0.4, 0.5) is 5.69 Å². The summed E-state index contributed by atoms with van der Waals surface area (Å²) >= 11 is 0. The minimum absolute atomic E-state index is 0.314. The number of anilines is 1. The van der Waals surface area contributed by atoms with Gasteiger partial charge >= 0.3 is 0 Å². The molecule has 0 aliphatic rings. The first kappa shape index (κ1) is 15.7. The van der Waals surface area contributed by atoms with Crippen molar-refractivity contribution in [2.75, 3.05) is 5.32 Å². The highest BCUT2D eigenvalue weighted by atomic mass is 16.2. The SMILES string of the molecule is Cc1ccc(NC(=O)C(C)n2nc(-n3cccn3)ccc2=O)cc1. The fourth-order valence-corrected chi connectivity index (χ4v) is 2.21. The van der Waals surface area contributed by atoms with E-state index in [2.05, 4.69) is 15.5 Å². The van der Waals surface area contributed by atoms with E-state index in [4.69, 9.17) is 0 Å². The molecular formula is C17H17N5O2. The molecule has 0 radical (unpaired) electrons. The topological polar surface area (TPSA) is 81.8 Å². The quantitative estimate of drug-likeness (QED) is 0.795. The minimum atomic E-state index is -0.755. The summed E-state index contributed by atoms with van der Waals surface area (Å²) in [5, 5.41) is 11.1. The zero-order valence-corrected chi connectivity index (χ0v) is 13.4. The minimum Gasteiger partial charge on any atom is -0.324 e. The second kappa shape index (κ2) is 6.49. The van der Waals surface area contributed by atoms with E-state index in [0.717, 1.165) is 10.2 Å². The first-order valence-corrected chi connectivity index (χ1v) is 7.52. The summed E-state index contributed by atoms with van der Waals surface area (Å²) in [4.78, 5) is 24.5. The molecule has 1 aromatic carbocycles. The van der Waals surface area contributed by atoms with Crippen LogP contribution in [-0.4, -0.2) is 25.5 Å². The highest BCUT2D eigenvalue weighted by Crippen LogP contribution is 2.12. The number of aryl methyl sites for hydroxylation is 1. The highest BCUT2D eigenvalue weighted by molar-refractivity contribution is 5.93. The van der Waals surface area contributed by atoms with Crippen molar-refractivity contribution in [3.63, 3.8) is 0 Å². The zero-order chi connectivity index (χ0) is 17.1. The van der Waals surface area contributed by atoms with Gasteiger partial charge in [0.05, 0.1) is 0 Å². The van der Waals surface area contributed by atoms with E-state index in [1.165, 1.54) is 10.7 Å². The number of nitrogens with one attached hydrogen (secondary N) is 1. The maximum Gasteiger partial charge on any atom is 0.267 e. The fraction of sp³-hybridized carbons (Fsp3) is 0.176. The van der Waals surface area contributed by atoms with Crippen LogP contribution in [0, 0.1) is 6.92 Å². The van der Waals surface area contributed by atoms with Crippen LogP contribution in [0.15, 0.2) is 59.7 Å². The molecule has 2 heterocycles. The van der Waals surface area contributed by atoms with E-state index < -0.39 is 6.04 Å². The van der Waals surface area contributed by atoms with Crippen molar-refractivity contribution in [1.82, 2.24) is 19.6 Å². The third-order valence-corrected chi connectivity index (χ3v) is 3.62. The van der Waals surface area contributed by atoms with Gasteiger partial charge in [0, 0.05) is 24.1 Å². The van der Waals surface area contributed by atoms with Crippen LogP contribution in [0.3, 0.4) is 0 Å². The summed E-state index contributed by atoms with van der Waals surface area (Å²) in [5.74, 6) is 0.153. The summed E-state index contributed by atoms with van der Waals surface area (Å²) in [6, 6.07) is 11.4. The van der Waals surface area contributed by atoms with Gasteiger partial charge < -0.3 is 5.32 Å². The number of amides is 1. The van der Waals surface area contributed by atoms with E-state index in [-0.39, 0.29) is 11.5 Å². The largest absolute Gasteiger partial charge is 0.324 e. The molecule has 0 fully saturated rings. The van der Waals surface area contributed by atoms with Gasteiger partial charge in [0.2, 0.25) is 5.91 Å². The van der Waals surface area contributed by atoms with Crippen molar-refractivity contribution < 1.29 is 4.79 Å². The van der Waals surface area contributed by atoms with Gasteiger partial charge in [-0.3, -0.25) is 9.59 Å². The molecule has 1 unspecified atom stereocenters. The van der Waals surface area contributed by atoms with Crippen LogP contribution < -0.4 is 10.9 Å². The van der Waals surface area contributed by atoms with E-state index in [1.54, 1.807) is 31.5 Å². The predicted molar refractivity (Wildman–Crippen MR) is 90.1 cm³/mol. The third-order valence-electron chi connectivity index (χ3n) is 3.62. The van der Waals surface area contributed by atoms with Gasteiger partial charge in [-0.15, -0.1) is 5.10 Å². The molecule has 0 saturated carbocycles. The van der Waals surface area contributed by atoms with Crippen LogP contribution in [-0.2, 0) is 4.79 Å². The first-order valence-electron chi connectivity index (χ1n) is 7.52. The molecule has 2 aromatic heterocycles. The summed E-state index contributed by atoms with van der Waals surface area (Å²) in [7, 11) is 0. The molecule has 1 N–H and O–H groups in total. The number of carbonyl (C=O) groups is 1. The molecule has 0 bridgehead atoms. The Labute approximate surface area is 138 Å². The highest BCUT2D eigenvalue weighted by Gasteiger charge is 2.18. The number of hydrogen-bond donors (Lipinski definition) is 1. The molecule has 122 valence electrons. The Balaban J connectivity index is 1.84. The Morgan fingerprint density at radius 2 is 1.92 bits per heavy atom. The average Bonchev–Trinajstić information content (AvgIpc) is 3.11. The van der Waals surface area contributed by atoms with Gasteiger partial charge in [0.15, 0.2) is 5.82 Å². The molecule has 1 atom stereocenters. The van der Waals surface area contributed by atoms with E-state index in [9.17, 15) is 9.59 Å². The van der Waals surface area contributed by atoms with Crippen molar-refractivity contribution in [1.29, 1.82) is 0 Å². The van der Waals surface area contributed by atoms with Crippen LogP contribution >= 0.6 is 0 Å². The molecular weight excluding hydrogens is 306 g/mol. The van der Waals surface area contributed by atoms with Gasteiger partial charge in [-0.1, -0.05) is 17.7 Å². The van der Waals surface area contributed by atoms with Crippen molar-refractivity contribution >= 4 is 11.6 Å². The van der Waals surface area contributed by atoms with Crippen LogP contribution in [0.25, 0.3) is 5.82 Å². The summed E-state index contributed by atoms with van der Waals surface area (Å²) in [6.07, 6.45) is 3.33. The normalized spacial score (nSPS) is 11.9. The van der Waals surface area contributed by atoms with Gasteiger partial charge in [-0.25, -0.2) is 9.36 Å². The lowest BCUT2D eigenvalue weighted by Crippen LogP contribution is -2.33. The maximum absolute atomic E-state index is 12.4. The molecule has 0 aliphatic carbocycles. The van der Waals surface area contributed by atoms with Crippen molar-refractivity contribution in [2.24, 2.45) is 0 Å². The van der Waals surface area contributed by atoms with Crippen LogP contribution in [0.2, 0.25) is 0 Å². The lowest BCUT2D eigenvalue weighted by Gasteiger charge is -2.15. The first-order chi connectivity index (χ1) is 11.5. The lowest BCUT2D eigenvalue weighted by molar-refractivity contribution is -0.119. The van der Waals surface area contributed by atoms with Crippen molar-refractivity contribution in [3.8, 4) is 5.82 Å². The zero-order valence-electron chi connectivity index (χ0n) is 13.4. The Morgan fingerprint density at radius 1 is 1.17 bits per heavy atom. The van der Waals surface area contributed by atoms with E-state index >= 15 is 0 Å². The number of rotatable bonds is 4. The van der Waals surface area contributed by atoms with Crippen molar-refractivity contribution in [2.45, 2.75) is 19.9 Å². The summed E-state index contributed by atoms with van der Waals surface area (Å²) in [5.41, 5.74) is 1.43. The molecule has 7 heteroatoms. The second-order valence-corrected chi connectivity index (χ2v) is 5.46. The smallest absolute Gasteiger partial charge is 0.267 e. The second-order valence-electron chi connectivity index (χ2n) is 5.46. The number of nitrogens with zero attached hydrogens (tertiary/aromatic N) is 4. The number of hydrogen-bond acceptors (Lipinski definition) is 4. The molecule has 0 spiro atoms. The molecule has 24 heavy (non-hydrogen) atoms. The Kier molecular flexibility index (Phi) is 4.24. The Bertz CT molecular complexity index is 897. The number of benzene rings is 1. The van der Waals surface area contributed by atoms with Crippen LogP contribution in [0.5, 0.6) is 0 Å². The summed E-state index contributed by atoms with van der Waals surface area (Å²) < 4.78 is 2.68. The van der Waals surface area contributed by atoms with Gasteiger partial charge in [0.1, 0.15) is 6.04 Å².